The Bertz CT molecular complexity index is 645. The summed E-state index contributed by atoms with van der Waals surface area (Å²) in [6, 6.07) is 4.94. The van der Waals surface area contributed by atoms with Crippen molar-refractivity contribution in [2.24, 2.45) is 5.73 Å². The van der Waals surface area contributed by atoms with E-state index in [0.717, 1.165) is 19.3 Å². The summed E-state index contributed by atoms with van der Waals surface area (Å²) < 4.78 is 0. The number of fused-ring (bicyclic) bond motifs is 1. The number of H-pyrrole nitrogens is 1. The van der Waals surface area contributed by atoms with E-state index in [2.05, 4.69) is 15.3 Å². The fourth-order valence-electron chi connectivity index (χ4n) is 2.69. The van der Waals surface area contributed by atoms with Crippen molar-refractivity contribution in [1.29, 1.82) is 0 Å². The van der Waals surface area contributed by atoms with Gasteiger partial charge in [0.1, 0.15) is 0 Å². The van der Waals surface area contributed by atoms with Crippen LogP contribution in [-0.4, -0.2) is 27.0 Å². The Morgan fingerprint density at radius 3 is 2.86 bits per heavy atom. The summed E-state index contributed by atoms with van der Waals surface area (Å²) in [5.74, 6) is 0.628. The summed E-state index contributed by atoms with van der Waals surface area (Å²) in [6.07, 6.45) is 4.38. The van der Waals surface area contributed by atoms with Crippen molar-refractivity contribution in [2.45, 2.75) is 37.8 Å². The van der Waals surface area contributed by atoms with Crippen LogP contribution in [0.2, 0.25) is 0 Å². The lowest BCUT2D eigenvalue weighted by molar-refractivity contribution is -0.384. The molecule has 1 aliphatic carbocycles. The number of rotatable bonds is 3. The Morgan fingerprint density at radius 1 is 1.38 bits per heavy atom. The van der Waals surface area contributed by atoms with Gasteiger partial charge in [-0.3, -0.25) is 10.1 Å². The summed E-state index contributed by atoms with van der Waals surface area (Å²) in [7, 11) is 0. The smallest absolute Gasteiger partial charge is 0.271 e. The van der Waals surface area contributed by atoms with Gasteiger partial charge in [-0.2, -0.15) is 0 Å². The summed E-state index contributed by atoms with van der Waals surface area (Å²) in [6.45, 7) is 0. The first kappa shape index (κ1) is 15.5. The van der Waals surface area contributed by atoms with Gasteiger partial charge >= 0.3 is 0 Å². The van der Waals surface area contributed by atoms with E-state index in [1.54, 1.807) is 6.07 Å². The predicted molar refractivity (Wildman–Crippen MR) is 83.9 cm³/mol. The molecule has 4 N–H and O–H groups in total. The minimum Gasteiger partial charge on any atom is -0.352 e. The van der Waals surface area contributed by atoms with Crippen molar-refractivity contribution >= 4 is 35.1 Å². The van der Waals surface area contributed by atoms with Gasteiger partial charge in [-0.15, -0.1) is 12.4 Å². The molecule has 1 aromatic heterocycles. The highest BCUT2D eigenvalue weighted by atomic mass is 35.5. The molecule has 8 heteroatoms. The third kappa shape index (κ3) is 3.25. The maximum atomic E-state index is 10.8. The fourth-order valence-corrected chi connectivity index (χ4v) is 2.69. The van der Waals surface area contributed by atoms with Crippen LogP contribution in [0.15, 0.2) is 18.2 Å². The van der Waals surface area contributed by atoms with Crippen LogP contribution in [0.4, 0.5) is 11.6 Å². The van der Waals surface area contributed by atoms with E-state index in [1.807, 2.05) is 0 Å². The van der Waals surface area contributed by atoms with Gasteiger partial charge < -0.3 is 16.0 Å². The monoisotopic (exact) mass is 311 g/mol. The van der Waals surface area contributed by atoms with Crippen LogP contribution < -0.4 is 11.1 Å². The van der Waals surface area contributed by atoms with Crippen molar-refractivity contribution in [3.8, 4) is 0 Å². The predicted octanol–water partition coefficient (Wildman–Crippen LogP) is 2.57. The van der Waals surface area contributed by atoms with Crippen LogP contribution in [0.1, 0.15) is 25.7 Å². The molecule has 3 rings (SSSR count). The lowest BCUT2D eigenvalue weighted by atomic mass is 9.91. The van der Waals surface area contributed by atoms with Gasteiger partial charge in [0.25, 0.3) is 5.69 Å². The zero-order valence-electron chi connectivity index (χ0n) is 11.4. The van der Waals surface area contributed by atoms with Crippen molar-refractivity contribution in [3.05, 3.63) is 28.3 Å². The molecular weight excluding hydrogens is 294 g/mol. The van der Waals surface area contributed by atoms with E-state index < -0.39 is 4.92 Å². The molecule has 114 valence electrons. The number of halogens is 1. The first-order chi connectivity index (χ1) is 9.63. The summed E-state index contributed by atoms with van der Waals surface area (Å²) >= 11 is 0. The molecule has 1 fully saturated rings. The number of nitrogens with zero attached hydrogens (tertiary/aromatic N) is 2. The molecule has 1 aromatic carbocycles. The van der Waals surface area contributed by atoms with E-state index in [9.17, 15) is 10.1 Å². The second-order valence-corrected chi connectivity index (χ2v) is 5.24. The zero-order valence-corrected chi connectivity index (χ0v) is 12.2. The van der Waals surface area contributed by atoms with Crippen LogP contribution in [0.3, 0.4) is 0 Å². The number of imidazole rings is 1. The van der Waals surface area contributed by atoms with E-state index in [0.29, 0.717) is 17.0 Å². The minimum atomic E-state index is -0.412. The number of nitro benzene ring substituents is 1. The Balaban J connectivity index is 0.00000161. The molecule has 0 aliphatic heterocycles. The topological polar surface area (TPSA) is 110 Å². The van der Waals surface area contributed by atoms with Gasteiger partial charge in [0.2, 0.25) is 5.95 Å². The van der Waals surface area contributed by atoms with Crippen LogP contribution in [0, 0.1) is 10.1 Å². The Hall–Kier alpha value is -1.86. The molecule has 0 radical (unpaired) electrons. The number of aromatic nitrogens is 2. The second kappa shape index (κ2) is 6.28. The standard InChI is InChI=1S/C13H17N5O2.ClH/c14-9-3-1-2-4-10(9)15-13-16-11-6-5-8(18(19)20)7-12(11)17-13;/h5-7,9-10H,1-4,14H2,(H2,15,16,17);1H. The number of non-ortho nitro benzene ring substituents is 1. The SMILES string of the molecule is Cl.NC1CCCCC1Nc1nc2ccc([N+](=O)[O-])cc2[nH]1. The fraction of sp³-hybridized carbons (Fsp3) is 0.462. The largest absolute Gasteiger partial charge is 0.352 e. The number of benzene rings is 1. The maximum Gasteiger partial charge on any atom is 0.271 e. The average molecular weight is 312 g/mol. The molecule has 2 unspecified atom stereocenters. The molecule has 7 nitrogen and oxygen atoms in total. The Kier molecular flexibility index (Phi) is 4.64. The van der Waals surface area contributed by atoms with Crippen LogP contribution in [-0.2, 0) is 0 Å². The van der Waals surface area contributed by atoms with Crippen LogP contribution >= 0.6 is 12.4 Å². The first-order valence-corrected chi connectivity index (χ1v) is 6.80. The van der Waals surface area contributed by atoms with E-state index >= 15 is 0 Å². The van der Waals surface area contributed by atoms with Gasteiger partial charge in [-0.1, -0.05) is 12.8 Å². The number of nitrogens with one attached hydrogen (secondary N) is 2. The average Bonchev–Trinajstić information content (AvgIpc) is 2.82. The summed E-state index contributed by atoms with van der Waals surface area (Å²) in [5.41, 5.74) is 7.52. The normalized spacial score (nSPS) is 21.8. The van der Waals surface area contributed by atoms with Crippen molar-refractivity contribution < 1.29 is 4.92 Å². The quantitative estimate of drug-likeness (QED) is 0.596. The van der Waals surface area contributed by atoms with Gasteiger partial charge in [-0.05, 0) is 18.9 Å². The lowest BCUT2D eigenvalue weighted by Gasteiger charge is -2.29. The van der Waals surface area contributed by atoms with Crippen molar-refractivity contribution in [3.63, 3.8) is 0 Å². The number of hydrogen-bond acceptors (Lipinski definition) is 5. The van der Waals surface area contributed by atoms with Crippen molar-refractivity contribution in [2.75, 3.05) is 5.32 Å². The lowest BCUT2D eigenvalue weighted by Crippen LogP contribution is -2.42. The number of aromatic amines is 1. The molecule has 1 aliphatic rings. The van der Waals surface area contributed by atoms with Crippen molar-refractivity contribution in [1.82, 2.24) is 9.97 Å². The molecule has 2 atom stereocenters. The Morgan fingerprint density at radius 2 is 2.14 bits per heavy atom. The highest BCUT2D eigenvalue weighted by molar-refractivity contribution is 5.85. The molecule has 0 saturated heterocycles. The molecule has 1 saturated carbocycles. The molecule has 21 heavy (non-hydrogen) atoms. The first-order valence-electron chi connectivity index (χ1n) is 6.80. The third-order valence-electron chi connectivity index (χ3n) is 3.82. The van der Waals surface area contributed by atoms with Gasteiger partial charge in [0.05, 0.1) is 16.0 Å². The van der Waals surface area contributed by atoms with E-state index in [-0.39, 0.29) is 30.2 Å². The molecule has 0 bridgehead atoms. The second-order valence-electron chi connectivity index (χ2n) is 5.24. The zero-order chi connectivity index (χ0) is 14.1. The summed E-state index contributed by atoms with van der Waals surface area (Å²) in [4.78, 5) is 17.8. The molecule has 0 spiro atoms. The van der Waals surface area contributed by atoms with Crippen LogP contribution in [0.25, 0.3) is 11.0 Å². The third-order valence-corrected chi connectivity index (χ3v) is 3.82. The van der Waals surface area contributed by atoms with E-state index in [1.165, 1.54) is 18.6 Å². The number of nitro groups is 1. The highest BCUT2D eigenvalue weighted by Gasteiger charge is 2.22. The van der Waals surface area contributed by atoms with E-state index in [4.69, 9.17) is 5.73 Å². The molecule has 2 aromatic rings. The highest BCUT2D eigenvalue weighted by Crippen LogP contribution is 2.23. The van der Waals surface area contributed by atoms with Gasteiger partial charge in [0, 0.05) is 24.2 Å². The molecule has 1 heterocycles. The molecule has 0 amide bonds. The van der Waals surface area contributed by atoms with Gasteiger partial charge in [-0.25, -0.2) is 4.98 Å². The van der Waals surface area contributed by atoms with Gasteiger partial charge in [0.15, 0.2) is 0 Å². The Labute approximate surface area is 127 Å². The molecular formula is C13H18ClN5O2. The number of nitrogens with two attached hydrogens (primary N) is 1. The minimum absolute atomic E-state index is 0. The number of anilines is 1. The maximum absolute atomic E-state index is 10.8. The number of hydrogen-bond donors (Lipinski definition) is 3. The summed E-state index contributed by atoms with van der Waals surface area (Å²) in [5, 5.41) is 14.1. The van der Waals surface area contributed by atoms with Crippen LogP contribution in [0.5, 0.6) is 0 Å².